The van der Waals surface area contributed by atoms with Crippen LogP contribution in [0.1, 0.15) is 6.42 Å². The fourth-order valence-electron chi connectivity index (χ4n) is 2.44. The molecule has 2 rings (SSSR count). The molecule has 1 atom stereocenters. The number of benzene rings is 2. The van der Waals surface area contributed by atoms with Gasteiger partial charge in [-0.25, -0.2) is 0 Å². The molecule has 0 aliphatic heterocycles. The maximum atomic E-state index is 12.1. The molecule has 4 N–H and O–H groups in total. The Labute approximate surface area is 162 Å². The molecule has 0 spiro atoms. The van der Waals surface area contributed by atoms with Crippen molar-refractivity contribution in [3.63, 3.8) is 0 Å². The van der Waals surface area contributed by atoms with Crippen LogP contribution in [0.2, 0.25) is 5.02 Å². The van der Waals surface area contributed by atoms with Crippen LogP contribution < -0.4 is 20.7 Å². The quantitative estimate of drug-likeness (QED) is 0.465. The van der Waals surface area contributed by atoms with Gasteiger partial charge < -0.3 is 25.8 Å². The van der Waals surface area contributed by atoms with Gasteiger partial charge in [-0.15, -0.1) is 0 Å². The molecule has 0 fully saturated rings. The molecule has 2 aromatic carbocycles. The molecule has 27 heavy (non-hydrogen) atoms. The number of halogens is 1. The first-order valence-electron chi connectivity index (χ1n) is 8.38. The van der Waals surface area contributed by atoms with Gasteiger partial charge in [0.2, 0.25) is 5.91 Å². The Hall–Kier alpha value is -2.77. The van der Waals surface area contributed by atoms with Crippen LogP contribution in [0.4, 0.5) is 11.4 Å². The number of para-hydroxylation sites is 2. The van der Waals surface area contributed by atoms with E-state index in [9.17, 15) is 14.7 Å². The van der Waals surface area contributed by atoms with Crippen molar-refractivity contribution >= 4 is 34.9 Å². The van der Waals surface area contributed by atoms with Gasteiger partial charge in [0.25, 0.3) is 0 Å². The fraction of sp³-hybridized carbons (Fsp3) is 0.263. The lowest BCUT2D eigenvalue weighted by Crippen LogP contribution is -2.41. The first-order valence-corrected chi connectivity index (χ1v) is 8.76. The standard InChI is InChI=1S/C19H22ClN3O4/c1-27-17-8-3-2-7-15(17)21-9-10-22-16(19(25)26)12-18(24)23-14-6-4-5-13(20)11-14/h2-8,11,16,21-22H,9-10,12H2,1H3,(H,23,24)(H,25,26). The summed E-state index contributed by atoms with van der Waals surface area (Å²) in [6.45, 7) is 0.833. The monoisotopic (exact) mass is 391 g/mol. The lowest BCUT2D eigenvalue weighted by Gasteiger charge is -2.16. The molecular formula is C19H22ClN3O4. The van der Waals surface area contributed by atoms with E-state index in [0.29, 0.717) is 29.5 Å². The number of rotatable bonds is 10. The Morgan fingerprint density at radius 1 is 1.15 bits per heavy atom. The van der Waals surface area contributed by atoms with Gasteiger partial charge in [0.05, 0.1) is 19.2 Å². The highest BCUT2D eigenvalue weighted by Gasteiger charge is 2.20. The molecule has 7 nitrogen and oxygen atoms in total. The lowest BCUT2D eigenvalue weighted by molar-refractivity contribution is -0.141. The summed E-state index contributed by atoms with van der Waals surface area (Å²) in [7, 11) is 1.58. The van der Waals surface area contributed by atoms with Crippen molar-refractivity contribution in [2.75, 3.05) is 30.8 Å². The third-order valence-corrected chi connectivity index (χ3v) is 3.97. The Balaban J connectivity index is 1.81. The number of carboxylic acids is 1. The SMILES string of the molecule is COc1ccccc1NCCNC(CC(=O)Nc1cccc(Cl)c1)C(=O)O. The molecule has 2 aromatic rings. The van der Waals surface area contributed by atoms with Crippen molar-refractivity contribution in [1.82, 2.24) is 5.32 Å². The van der Waals surface area contributed by atoms with E-state index < -0.39 is 17.9 Å². The average molecular weight is 392 g/mol. The van der Waals surface area contributed by atoms with E-state index in [-0.39, 0.29) is 6.42 Å². The van der Waals surface area contributed by atoms with Crippen molar-refractivity contribution in [2.24, 2.45) is 0 Å². The maximum absolute atomic E-state index is 12.1. The third-order valence-electron chi connectivity index (χ3n) is 3.73. The Kier molecular flexibility index (Phi) is 7.91. The molecule has 1 unspecified atom stereocenters. The van der Waals surface area contributed by atoms with Crippen molar-refractivity contribution in [3.05, 3.63) is 53.6 Å². The zero-order valence-corrected chi connectivity index (χ0v) is 15.6. The van der Waals surface area contributed by atoms with E-state index in [2.05, 4.69) is 16.0 Å². The van der Waals surface area contributed by atoms with E-state index in [1.807, 2.05) is 24.3 Å². The Morgan fingerprint density at radius 3 is 2.63 bits per heavy atom. The first-order chi connectivity index (χ1) is 13.0. The molecule has 0 aliphatic carbocycles. The van der Waals surface area contributed by atoms with Gasteiger partial charge in [0, 0.05) is 23.8 Å². The number of anilines is 2. The highest BCUT2D eigenvalue weighted by atomic mass is 35.5. The zero-order valence-electron chi connectivity index (χ0n) is 14.9. The van der Waals surface area contributed by atoms with E-state index in [1.54, 1.807) is 31.4 Å². The highest BCUT2D eigenvalue weighted by molar-refractivity contribution is 6.30. The van der Waals surface area contributed by atoms with Gasteiger partial charge in [0.15, 0.2) is 0 Å². The van der Waals surface area contributed by atoms with Crippen molar-refractivity contribution in [2.45, 2.75) is 12.5 Å². The summed E-state index contributed by atoms with van der Waals surface area (Å²) >= 11 is 5.87. The lowest BCUT2D eigenvalue weighted by atomic mass is 10.2. The summed E-state index contributed by atoms with van der Waals surface area (Å²) in [4.78, 5) is 23.5. The number of carbonyl (C=O) groups is 2. The summed E-state index contributed by atoms with van der Waals surface area (Å²) in [5, 5.41) is 18.5. The number of hydrogen-bond donors (Lipinski definition) is 4. The molecule has 0 bridgehead atoms. The van der Waals surface area contributed by atoms with Gasteiger partial charge in [-0.1, -0.05) is 29.8 Å². The molecule has 8 heteroatoms. The predicted octanol–water partition coefficient (Wildman–Crippen LogP) is 2.83. The summed E-state index contributed by atoms with van der Waals surface area (Å²) in [6.07, 6.45) is -0.198. The second-order valence-corrected chi connectivity index (χ2v) is 6.17. The predicted molar refractivity (Wildman–Crippen MR) is 106 cm³/mol. The zero-order chi connectivity index (χ0) is 19.6. The van der Waals surface area contributed by atoms with Crippen LogP contribution in [0.15, 0.2) is 48.5 Å². The topological polar surface area (TPSA) is 99.7 Å². The molecule has 0 aromatic heterocycles. The summed E-state index contributed by atoms with van der Waals surface area (Å²) in [6, 6.07) is 13.1. The van der Waals surface area contributed by atoms with E-state index in [4.69, 9.17) is 16.3 Å². The van der Waals surface area contributed by atoms with Crippen molar-refractivity contribution in [3.8, 4) is 5.75 Å². The number of aliphatic carboxylic acids is 1. The van der Waals surface area contributed by atoms with E-state index in [0.717, 1.165) is 5.69 Å². The number of carboxylic acid groups (broad SMARTS) is 1. The van der Waals surface area contributed by atoms with E-state index >= 15 is 0 Å². The molecule has 1 amide bonds. The summed E-state index contributed by atoms with van der Waals surface area (Å²) < 4.78 is 5.24. The number of methoxy groups -OCH3 is 1. The van der Waals surface area contributed by atoms with Gasteiger partial charge in [0.1, 0.15) is 11.8 Å². The normalized spacial score (nSPS) is 11.5. The van der Waals surface area contributed by atoms with E-state index in [1.165, 1.54) is 0 Å². The second kappa shape index (κ2) is 10.4. The van der Waals surface area contributed by atoms with Crippen LogP contribution in [0.25, 0.3) is 0 Å². The second-order valence-electron chi connectivity index (χ2n) is 5.73. The van der Waals surface area contributed by atoms with Crippen LogP contribution in [0.3, 0.4) is 0 Å². The van der Waals surface area contributed by atoms with Crippen LogP contribution in [0, 0.1) is 0 Å². The van der Waals surface area contributed by atoms with Gasteiger partial charge in [-0.2, -0.15) is 0 Å². The molecule has 0 aliphatic rings. The molecule has 0 saturated carbocycles. The number of hydrogen-bond acceptors (Lipinski definition) is 5. The van der Waals surface area contributed by atoms with Crippen LogP contribution in [0.5, 0.6) is 5.75 Å². The maximum Gasteiger partial charge on any atom is 0.321 e. The van der Waals surface area contributed by atoms with Crippen molar-refractivity contribution in [1.29, 1.82) is 0 Å². The fourth-order valence-corrected chi connectivity index (χ4v) is 2.63. The molecule has 0 heterocycles. The minimum atomic E-state index is -1.09. The number of nitrogens with one attached hydrogen (secondary N) is 3. The molecule has 0 radical (unpaired) electrons. The largest absolute Gasteiger partial charge is 0.495 e. The number of ether oxygens (including phenoxy) is 1. The minimum Gasteiger partial charge on any atom is -0.495 e. The summed E-state index contributed by atoms with van der Waals surface area (Å²) in [5.74, 6) is -0.795. The van der Waals surface area contributed by atoms with Gasteiger partial charge in [-0.05, 0) is 30.3 Å². The molecular weight excluding hydrogens is 370 g/mol. The van der Waals surface area contributed by atoms with Gasteiger partial charge in [-0.3, -0.25) is 9.59 Å². The molecule has 0 saturated heterocycles. The molecule has 144 valence electrons. The minimum absolute atomic E-state index is 0.198. The number of amides is 1. The van der Waals surface area contributed by atoms with Crippen LogP contribution in [-0.4, -0.2) is 43.2 Å². The summed E-state index contributed by atoms with van der Waals surface area (Å²) in [5.41, 5.74) is 1.34. The van der Waals surface area contributed by atoms with Crippen molar-refractivity contribution < 1.29 is 19.4 Å². The smallest absolute Gasteiger partial charge is 0.321 e. The Bertz CT molecular complexity index is 785. The highest BCUT2D eigenvalue weighted by Crippen LogP contribution is 2.22. The first kappa shape index (κ1) is 20.5. The number of carbonyl (C=O) groups excluding carboxylic acids is 1. The van der Waals surface area contributed by atoms with Crippen LogP contribution in [-0.2, 0) is 9.59 Å². The Morgan fingerprint density at radius 2 is 1.93 bits per heavy atom. The average Bonchev–Trinajstić information content (AvgIpc) is 2.64. The van der Waals surface area contributed by atoms with Gasteiger partial charge >= 0.3 is 5.97 Å². The van der Waals surface area contributed by atoms with Crippen LogP contribution >= 0.6 is 11.6 Å². The third kappa shape index (κ3) is 6.80.